The Balaban J connectivity index is 1.82. The van der Waals surface area contributed by atoms with Crippen molar-refractivity contribution in [2.75, 3.05) is 13.7 Å². The van der Waals surface area contributed by atoms with E-state index in [2.05, 4.69) is 11.8 Å². The van der Waals surface area contributed by atoms with Gasteiger partial charge in [0.25, 0.3) is 0 Å². The second-order valence-corrected chi connectivity index (χ2v) is 5.69. The molecular weight excluding hydrogens is 311 g/mol. The first-order valence-corrected chi connectivity index (χ1v) is 7.51. The molecule has 0 aliphatic carbocycles. The maximum absolute atomic E-state index is 6.10. The van der Waals surface area contributed by atoms with Gasteiger partial charge in [-0.2, -0.15) is 0 Å². The van der Waals surface area contributed by atoms with Crippen molar-refractivity contribution in [2.45, 2.75) is 32.3 Å². The van der Waals surface area contributed by atoms with E-state index < -0.39 is 0 Å². The fourth-order valence-electron chi connectivity index (χ4n) is 2.31. The van der Waals surface area contributed by atoms with Crippen LogP contribution in [-0.2, 0) is 20.8 Å². The number of hydrogen-bond acceptors (Lipinski definition) is 3. The first kappa shape index (κ1) is 16.6. The Hall–Kier alpha value is -0.760. The van der Waals surface area contributed by atoms with Gasteiger partial charge >= 0.3 is 0 Å². The third-order valence-corrected chi connectivity index (χ3v) is 3.90. The van der Waals surface area contributed by atoms with Crippen molar-refractivity contribution in [3.05, 3.63) is 33.8 Å². The summed E-state index contributed by atoms with van der Waals surface area (Å²) in [5.41, 5.74) is 0.909. The minimum absolute atomic E-state index is 0.00752. The Morgan fingerprint density at radius 1 is 1.38 bits per heavy atom. The predicted molar refractivity (Wildman–Crippen MR) is 83.3 cm³/mol. The summed E-state index contributed by atoms with van der Waals surface area (Å²) in [7, 11) is 1.63. The van der Waals surface area contributed by atoms with Crippen LogP contribution in [0.1, 0.15) is 18.9 Å². The molecule has 3 atom stereocenters. The van der Waals surface area contributed by atoms with Gasteiger partial charge in [0.15, 0.2) is 6.29 Å². The molecule has 1 aromatic rings. The molecule has 1 saturated heterocycles. The highest BCUT2D eigenvalue weighted by molar-refractivity contribution is 6.35. The lowest BCUT2D eigenvalue weighted by Gasteiger charge is -2.13. The molecule has 21 heavy (non-hydrogen) atoms. The molecule has 1 heterocycles. The number of halogens is 2. The normalized spacial score (nSPS) is 24.7. The van der Waals surface area contributed by atoms with Crippen LogP contribution in [0, 0.1) is 17.8 Å². The molecule has 0 saturated carbocycles. The van der Waals surface area contributed by atoms with Crippen molar-refractivity contribution >= 4 is 23.2 Å². The van der Waals surface area contributed by atoms with Gasteiger partial charge in [0.1, 0.15) is 0 Å². The molecule has 0 radical (unpaired) electrons. The van der Waals surface area contributed by atoms with Crippen LogP contribution in [0.4, 0.5) is 0 Å². The molecule has 3 nitrogen and oxygen atoms in total. The van der Waals surface area contributed by atoms with E-state index in [1.54, 1.807) is 19.2 Å². The van der Waals surface area contributed by atoms with E-state index in [4.69, 9.17) is 37.4 Å². The summed E-state index contributed by atoms with van der Waals surface area (Å²) in [5, 5.41) is 1.23. The number of rotatable bonds is 5. The van der Waals surface area contributed by atoms with Crippen LogP contribution in [0.2, 0.25) is 10.0 Å². The van der Waals surface area contributed by atoms with E-state index in [9.17, 15) is 0 Å². The zero-order valence-electron chi connectivity index (χ0n) is 12.1. The molecule has 1 aromatic carbocycles. The molecule has 0 N–H and O–H groups in total. The van der Waals surface area contributed by atoms with Crippen LogP contribution < -0.4 is 0 Å². The van der Waals surface area contributed by atoms with E-state index in [0.29, 0.717) is 23.3 Å². The van der Waals surface area contributed by atoms with Gasteiger partial charge < -0.3 is 14.2 Å². The molecule has 0 spiro atoms. The van der Waals surface area contributed by atoms with Crippen molar-refractivity contribution in [1.29, 1.82) is 0 Å². The Morgan fingerprint density at radius 3 is 2.86 bits per heavy atom. The lowest BCUT2D eigenvalue weighted by molar-refractivity contribution is -0.137. The minimum Gasteiger partial charge on any atom is -0.374 e. The lowest BCUT2D eigenvalue weighted by Crippen LogP contribution is -2.19. The Morgan fingerprint density at radius 2 is 2.19 bits per heavy atom. The molecule has 5 heteroatoms. The Bertz CT molecular complexity index is 536. The summed E-state index contributed by atoms with van der Waals surface area (Å²) in [6.45, 7) is 2.73. The summed E-state index contributed by atoms with van der Waals surface area (Å²) in [6.07, 6.45) is 0.533. The summed E-state index contributed by atoms with van der Waals surface area (Å²) >= 11 is 12.0. The van der Waals surface area contributed by atoms with Gasteiger partial charge in [0.05, 0.1) is 25.2 Å². The van der Waals surface area contributed by atoms with Crippen molar-refractivity contribution < 1.29 is 14.2 Å². The molecule has 2 rings (SSSR count). The first-order valence-electron chi connectivity index (χ1n) is 6.76. The monoisotopic (exact) mass is 328 g/mol. The van der Waals surface area contributed by atoms with Crippen LogP contribution in [0.15, 0.2) is 18.2 Å². The molecule has 114 valence electrons. The van der Waals surface area contributed by atoms with Crippen molar-refractivity contribution in [3.63, 3.8) is 0 Å². The van der Waals surface area contributed by atoms with Crippen LogP contribution >= 0.6 is 23.2 Å². The molecule has 0 amide bonds. The van der Waals surface area contributed by atoms with E-state index in [0.717, 1.165) is 12.0 Å². The molecule has 1 fully saturated rings. The Labute approximate surface area is 135 Å². The van der Waals surface area contributed by atoms with Crippen molar-refractivity contribution in [1.82, 2.24) is 0 Å². The maximum Gasteiger partial charge on any atom is 0.171 e. The smallest absolute Gasteiger partial charge is 0.171 e. The molecule has 0 bridgehead atoms. The number of benzene rings is 1. The van der Waals surface area contributed by atoms with E-state index in [1.807, 2.05) is 13.0 Å². The third-order valence-electron chi connectivity index (χ3n) is 3.31. The average Bonchev–Trinajstić information content (AvgIpc) is 2.84. The molecule has 1 aliphatic heterocycles. The largest absolute Gasteiger partial charge is 0.374 e. The van der Waals surface area contributed by atoms with Crippen LogP contribution in [0.3, 0.4) is 0 Å². The number of ether oxygens (including phenoxy) is 3. The van der Waals surface area contributed by atoms with Crippen molar-refractivity contribution in [2.24, 2.45) is 5.92 Å². The third kappa shape index (κ3) is 4.60. The standard InChI is InChI=1S/C16H18Cl2O3/c1-3-4-11-7-14(21-16(11)19-2)10-20-9-12-5-6-13(17)8-15(12)18/h5-6,8,11,14,16H,7,9-10H2,1-2H3. The zero-order chi connectivity index (χ0) is 15.2. The number of methoxy groups -OCH3 is 1. The van der Waals surface area contributed by atoms with Gasteiger partial charge in [0.2, 0.25) is 0 Å². The highest BCUT2D eigenvalue weighted by Gasteiger charge is 2.34. The summed E-state index contributed by atoms with van der Waals surface area (Å²) in [6, 6.07) is 5.37. The molecule has 3 unspecified atom stereocenters. The first-order chi connectivity index (χ1) is 10.1. The van der Waals surface area contributed by atoms with E-state index in [-0.39, 0.29) is 18.3 Å². The van der Waals surface area contributed by atoms with Gasteiger partial charge in [-0.05, 0) is 31.0 Å². The average molecular weight is 329 g/mol. The Kier molecular flexibility index (Phi) is 6.35. The van der Waals surface area contributed by atoms with Crippen molar-refractivity contribution in [3.8, 4) is 11.8 Å². The van der Waals surface area contributed by atoms with Crippen LogP contribution in [-0.4, -0.2) is 26.1 Å². The van der Waals surface area contributed by atoms with E-state index in [1.165, 1.54) is 0 Å². The minimum atomic E-state index is -0.273. The van der Waals surface area contributed by atoms with Gasteiger partial charge in [-0.25, -0.2) is 0 Å². The fraction of sp³-hybridized carbons (Fsp3) is 0.500. The number of hydrogen-bond donors (Lipinski definition) is 0. The topological polar surface area (TPSA) is 27.7 Å². The van der Waals surface area contributed by atoms with Gasteiger partial charge in [-0.1, -0.05) is 35.2 Å². The summed E-state index contributed by atoms with van der Waals surface area (Å²) in [5.74, 6) is 6.12. The SMILES string of the molecule is CC#CC1CC(COCc2ccc(Cl)cc2Cl)OC1OC. The van der Waals surface area contributed by atoms with Gasteiger partial charge in [-0.3, -0.25) is 0 Å². The summed E-state index contributed by atoms with van der Waals surface area (Å²) < 4.78 is 16.7. The zero-order valence-corrected chi connectivity index (χ0v) is 13.6. The van der Waals surface area contributed by atoms with Crippen LogP contribution in [0.5, 0.6) is 0 Å². The second-order valence-electron chi connectivity index (χ2n) is 4.85. The molecule has 0 aromatic heterocycles. The fourth-order valence-corrected chi connectivity index (χ4v) is 2.78. The maximum atomic E-state index is 6.10. The quantitative estimate of drug-likeness (QED) is 0.767. The van der Waals surface area contributed by atoms with Gasteiger partial charge in [-0.15, -0.1) is 5.92 Å². The summed E-state index contributed by atoms with van der Waals surface area (Å²) in [4.78, 5) is 0. The predicted octanol–water partition coefficient (Wildman–Crippen LogP) is 3.91. The van der Waals surface area contributed by atoms with Crippen LogP contribution in [0.25, 0.3) is 0 Å². The molecular formula is C16H18Cl2O3. The molecule has 1 aliphatic rings. The lowest BCUT2D eigenvalue weighted by atomic mass is 10.1. The highest BCUT2D eigenvalue weighted by atomic mass is 35.5. The van der Waals surface area contributed by atoms with E-state index >= 15 is 0 Å². The highest BCUT2D eigenvalue weighted by Crippen LogP contribution is 2.27. The second kappa shape index (κ2) is 8.03. The van der Waals surface area contributed by atoms with Gasteiger partial charge in [0, 0.05) is 17.2 Å².